The number of rotatable bonds is 5. The third-order valence-electron chi connectivity index (χ3n) is 3.08. The number of hydrogen-bond acceptors (Lipinski definition) is 6. The molecule has 21 heavy (non-hydrogen) atoms. The van der Waals surface area contributed by atoms with Crippen LogP contribution in [0, 0.1) is 13.8 Å². The average Bonchev–Trinajstić information content (AvgIpc) is 2.76. The molecule has 0 saturated heterocycles. The monoisotopic (exact) mass is 289 g/mol. The van der Waals surface area contributed by atoms with Gasteiger partial charge in [0.2, 0.25) is 5.89 Å². The van der Waals surface area contributed by atoms with Gasteiger partial charge in [-0.1, -0.05) is 6.07 Å². The maximum atomic E-state index is 11.9. The lowest BCUT2D eigenvalue weighted by atomic mass is 10.1. The van der Waals surface area contributed by atoms with Crippen LogP contribution in [0.25, 0.3) is 0 Å². The molecule has 0 spiro atoms. The van der Waals surface area contributed by atoms with Crippen LogP contribution < -0.4 is 11.1 Å². The van der Waals surface area contributed by atoms with Gasteiger partial charge in [0.1, 0.15) is 5.76 Å². The van der Waals surface area contributed by atoms with E-state index in [9.17, 15) is 4.79 Å². The fourth-order valence-electron chi connectivity index (χ4n) is 1.93. The van der Waals surface area contributed by atoms with Gasteiger partial charge in [0, 0.05) is 0 Å². The smallest absolute Gasteiger partial charge is 0.340 e. The summed E-state index contributed by atoms with van der Waals surface area (Å²) in [6.07, 6.45) is 0. The summed E-state index contributed by atoms with van der Waals surface area (Å²) in [6, 6.07) is 5.10. The van der Waals surface area contributed by atoms with Crippen LogP contribution in [0.2, 0.25) is 0 Å². The van der Waals surface area contributed by atoms with Crippen molar-refractivity contribution in [3.8, 4) is 0 Å². The van der Waals surface area contributed by atoms with E-state index in [0.717, 1.165) is 11.5 Å². The van der Waals surface area contributed by atoms with E-state index >= 15 is 0 Å². The van der Waals surface area contributed by atoms with Gasteiger partial charge in [0.05, 0.1) is 35.8 Å². The third kappa shape index (κ3) is 3.34. The standard InChI is InChI=1S/C15H19N3O3/c1-4-20-15(19)11-6-5-7-12(16)14(11)17-8-13-18-9(2)10(3)21-13/h5-7,17H,4,8,16H2,1-3H3. The zero-order chi connectivity index (χ0) is 15.4. The molecule has 0 aliphatic rings. The molecule has 2 aromatic rings. The highest BCUT2D eigenvalue weighted by Crippen LogP contribution is 2.25. The van der Waals surface area contributed by atoms with E-state index in [0.29, 0.717) is 36.0 Å². The highest BCUT2D eigenvalue weighted by atomic mass is 16.5. The van der Waals surface area contributed by atoms with Gasteiger partial charge in [-0.25, -0.2) is 9.78 Å². The third-order valence-corrected chi connectivity index (χ3v) is 3.08. The highest BCUT2D eigenvalue weighted by molar-refractivity contribution is 5.98. The lowest BCUT2D eigenvalue weighted by molar-refractivity contribution is 0.0527. The summed E-state index contributed by atoms with van der Waals surface area (Å²) in [5, 5.41) is 3.10. The van der Waals surface area contributed by atoms with Gasteiger partial charge < -0.3 is 20.2 Å². The molecule has 0 aliphatic heterocycles. The van der Waals surface area contributed by atoms with E-state index in [-0.39, 0.29) is 0 Å². The quantitative estimate of drug-likeness (QED) is 0.649. The molecule has 112 valence electrons. The summed E-state index contributed by atoms with van der Waals surface area (Å²) in [4.78, 5) is 16.2. The number of para-hydroxylation sites is 1. The number of anilines is 2. The molecule has 0 unspecified atom stereocenters. The van der Waals surface area contributed by atoms with Crippen molar-refractivity contribution in [2.75, 3.05) is 17.7 Å². The molecule has 2 rings (SSSR count). The summed E-state index contributed by atoms with van der Waals surface area (Å²) in [5.41, 5.74) is 8.18. The largest absolute Gasteiger partial charge is 0.462 e. The molecule has 0 aliphatic carbocycles. The highest BCUT2D eigenvalue weighted by Gasteiger charge is 2.15. The van der Waals surface area contributed by atoms with E-state index in [4.69, 9.17) is 14.9 Å². The molecule has 1 aromatic carbocycles. The zero-order valence-corrected chi connectivity index (χ0v) is 12.4. The number of hydrogen-bond donors (Lipinski definition) is 2. The number of oxazole rings is 1. The summed E-state index contributed by atoms with van der Waals surface area (Å²) in [5.74, 6) is 0.911. The van der Waals surface area contributed by atoms with Crippen LogP contribution in [0.15, 0.2) is 22.6 Å². The van der Waals surface area contributed by atoms with Crippen LogP contribution in [-0.2, 0) is 11.3 Å². The van der Waals surface area contributed by atoms with Gasteiger partial charge >= 0.3 is 5.97 Å². The van der Waals surface area contributed by atoms with Crippen LogP contribution in [-0.4, -0.2) is 17.6 Å². The van der Waals surface area contributed by atoms with Crippen molar-refractivity contribution in [3.63, 3.8) is 0 Å². The van der Waals surface area contributed by atoms with Gasteiger partial charge in [-0.05, 0) is 32.9 Å². The Morgan fingerprint density at radius 1 is 1.43 bits per heavy atom. The van der Waals surface area contributed by atoms with Crippen molar-refractivity contribution < 1.29 is 13.9 Å². The van der Waals surface area contributed by atoms with Crippen LogP contribution in [0.1, 0.15) is 34.6 Å². The normalized spacial score (nSPS) is 10.4. The van der Waals surface area contributed by atoms with Crippen molar-refractivity contribution in [3.05, 3.63) is 41.1 Å². The lowest BCUT2D eigenvalue weighted by Gasteiger charge is -2.12. The number of nitrogens with two attached hydrogens (primary N) is 1. The first-order valence-electron chi connectivity index (χ1n) is 6.75. The zero-order valence-electron chi connectivity index (χ0n) is 12.4. The number of carbonyl (C=O) groups is 1. The maximum Gasteiger partial charge on any atom is 0.340 e. The molecule has 3 N–H and O–H groups in total. The molecule has 0 saturated carbocycles. The summed E-state index contributed by atoms with van der Waals surface area (Å²) in [7, 11) is 0. The number of esters is 1. The number of carbonyl (C=O) groups excluding carboxylic acids is 1. The minimum Gasteiger partial charge on any atom is -0.462 e. The fraction of sp³-hybridized carbons (Fsp3) is 0.333. The van der Waals surface area contributed by atoms with Crippen LogP contribution in [0.3, 0.4) is 0 Å². The molecule has 0 amide bonds. The van der Waals surface area contributed by atoms with Crippen LogP contribution >= 0.6 is 0 Å². The molecule has 0 fully saturated rings. The second kappa shape index (κ2) is 6.30. The Kier molecular flexibility index (Phi) is 4.47. The Bertz CT molecular complexity index is 630. The van der Waals surface area contributed by atoms with E-state index in [1.807, 2.05) is 13.8 Å². The summed E-state index contributed by atoms with van der Waals surface area (Å²) >= 11 is 0. The van der Waals surface area contributed by atoms with E-state index in [1.54, 1.807) is 25.1 Å². The van der Waals surface area contributed by atoms with Crippen molar-refractivity contribution in [1.29, 1.82) is 0 Å². The lowest BCUT2D eigenvalue weighted by Crippen LogP contribution is -2.11. The molecular formula is C15H19N3O3. The topological polar surface area (TPSA) is 90.4 Å². The number of benzene rings is 1. The van der Waals surface area contributed by atoms with E-state index in [1.165, 1.54) is 0 Å². The van der Waals surface area contributed by atoms with E-state index in [2.05, 4.69) is 10.3 Å². The number of nitrogens with one attached hydrogen (secondary N) is 1. The Labute approximate surface area is 123 Å². The van der Waals surface area contributed by atoms with Crippen molar-refractivity contribution in [2.45, 2.75) is 27.3 Å². The number of nitrogen functional groups attached to an aromatic ring is 1. The van der Waals surface area contributed by atoms with E-state index < -0.39 is 5.97 Å². The first kappa shape index (κ1) is 14.9. The number of aromatic nitrogens is 1. The van der Waals surface area contributed by atoms with Gasteiger partial charge in [0.25, 0.3) is 0 Å². The minimum atomic E-state index is -0.410. The molecule has 6 heteroatoms. The summed E-state index contributed by atoms with van der Waals surface area (Å²) in [6.45, 7) is 6.14. The number of aryl methyl sites for hydroxylation is 2. The van der Waals surface area contributed by atoms with Crippen molar-refractivity contribution >= 4 is 17.3 Å². The first-order chi connectivity index (χ1) is 10.0. The van der Waals surface area contributed by atoms with Gasteiger partial charge in [-0.15, -0.1) is 0 Å². The second-order valence-electron chi connectivity index (χ2n) is 4.59. The molecule has 0 atom stereocenters. The molecule has 0 bridgehead atoms. The first-order valence-corrected chi connectivity index (χ1v) is 6.75. The van der Waals surface area contributed by atoms with Gasteiger partial charge in [-0.3, -0.25) is 0 Å². The van der Waals surface area contributed by atoms with Crippen molar-refractivity contribution in [1.82, 2.24) is 4.98 Å². The number of nitrogens with zero attached hydrogens (tertiary/aromatic N) is 1. The van der Waals surface area contributed by atoms with Gasteiger partial charge in [-0.2, -0.15) is 0 Å². The maximum absolute atomic E-state index is 11.9. The SMILES string of the molecule is CCOC(=O)c1cccc(N)c1NCc1nc(C)c(C)o1. The van der Waals surface area contributed by atoms with Crippen molar-refractivity contribution in [2.24, 2.45) is 0 Å². The molecule has 6 nitrogen and oxygen atoms in total. The fourth-order valence-corrected chi connectivity index (χ4v) is 1.93. The van der Waals surface area contributed by atoms with Gasteiger partial charge in [0.15, 0.2) is 0 Å². The minimum absolute atomic E-state index is 0.311. The second-order valence-corrected chi connectivity index (χ2v) is 4.59. The Balaban J connectivity index is 2.20. The molecule has 1 heterocycles. The van der Waals surface area contributed by atoms with Crippen LogP contribution in [0.5, 0.6) is 0 Å². The Hall–Kier alpha value is -2.50. The summed E-state index contributed by atoms with van der Waals surface area (Å²) < 4.78 is 10.5. The number of ether oxygens (including phenoxy) is 1. The molecule has 0 radical (unpaired) electrons. The molecule has 1 aromatic heterocycles. The van der Waals surface area contributed by atoms with Crippen LogP contribution in [0.4, 0.5) is 11.4 Å². The Morgan fingerprint density at radius 3 is 2.81 bits per heavy atom. The predicted molar refractivity (Wildman–Crippen MR) is 80.1 cm³/mol. The average molecular weight is 289 g/mol. The predicted octanol–water partition coefficient (Wildman–Crippen LogP) is 2.66. The molecular weight excluding hydrogens is 270 g/mol. The Morgan fingerprint density at radius 2 is 2.19 bits per heavy atom.